The normalized spacial score (nSPS) is 14.1. The SMILES string of the molecule is Cc1c(N2CCN(Cc3cccc(C(N)=O)c3F)CC2)c(=O)n(CCc2ccccc2)c(=O)n1Cc1c(F)cccc1C(F)(F)F. The molecule has 13 heteroatoms. The molecule has 0 atom stereocenters. The van der Waals surface area contributed by atoms with E-state index in [2.05, 4.69) is 0 Å². The molecule has 8 nitrogen and oxygen atoms in total. The van der Waals surface area contributed by atoms with Crippen LogP contribution in [0.25, 0.3) is 0 Å². The number of nitrogens with two attached hydrogens (primary N) is 1. The molecule has 1 amide bonds. The van der Waals surface area contributed by atoms with Crippen LogP contribution in [0.2, 0.25) is 0 Å². The van der Waals surface area contributed by atoms with E-state index in [4.69, 9.17) is 5.73 Å². The van der Waals surface area contributed by atoms with Gasteiger partial charge in [-0.1, -0.05) is 48.5 Å². The number of anilines is 1. The minimum atomic E-state index is -4.87. The molecule has 46 heavy (non-hydrogen) atoms. The van der Waals surface area contributed by atoms with Crippen LogP contribution in [-0.4, -0.2) is 46.1 Å². The van der Waals surface area contributed by atoms with Crippen LogP contribution in [-0.2, 0) is 32.2 Å². The van der Waals surface area contributed by atoms with E-state index in [1.807, 2.05) is 35.2 Å². The molecule has 1 aliphatic rings. The number of rotatable bonds is 9. The van der Waals surface area contributed by atoms with Crippen LogP contribution in [0.15, 0.2) is 76.3 Å². The number of carbonyl (C=O) groups is 1. The van der Waals surface area contributed by atoms with Gasteiger partial charge in [-0.05, 0) is 37.1 Å². The fourth-order valence-electron chi connectivity index (χ4n) is 5.83. The summed E-state index contributed by atoms with van der Waals surface area (Å²) in [5.41, 5.74) is 3.06. The summed E-state index contributed by atoms with van der Waals surface area (Å²) >= 11 is 0. The molecule has 1 fully saturated rings. The van der Waals surface area contributed by atoms with Crippen LogP contribution < -0.4 is 21.9 Å². The van der Waals surface area contributed by atoms with E-state index < -0.39 is 52.6 Å². The molecule has 0 aliphatic carbocycles. The van der Waals surface area contributed by atoms with Gasteiger partial charge in [0.15, 0.2) is 0 Å². The van der Waals surface area contributed by atoms with Crippen molar-refractivity contribution in [3.63, 3.8) is 0 Å². The molecule has 0 radical (unpaired) electrons. The molecule has 2 heterocycles. The highest BCUT2D eigenvalue weighted by Crippen LogP contribution is 2.33. The molecule has 5 rings (SSSR count). The second kappa shape index (κ2) is 13.3. The molecular weight excluding hydrogens is 609 g/mol. The van der Waals surface area contributed by atoms with Gasteiger partial charge in [-0.15, -0.1) is 0 Å². The van der Waals surface area contributed by atoms with Crippen LogP contribution >= 0.6 is 0 Å². The van der Waals surface area contributed by atoms with E-state index in [1.54, 1.807) is 17.0 Å². The highest BCUT2D eigenvalue weighted by atomic mass is 19.4. The second-order valence-electron chi connectivity index (χ2n) is 11.2. The topological polar surface area (TPSA) is 93.6 Å². The summed E-state index contributed by atoms with van der Waals surface area (Å²) in [5.74, 6) is -2.70. The van der Waals surface area contributed by atoms with Gasteiger partial charge in [-0.3, -0.25) is 23.6 Å². The van der Waals surface area contributed by atoms with E-state index in [1.165, 1.54) is 13.0 Å². The number of nitrogens with zero attached hydrogens (tertiary/aromatic N) is 4. The van der Waals surface area contributed by atoms with Crippen molar-refractivity contribution in [1.82, 2.24) is 14.0 Å². The molecular formula is C33H32F5N5O3. The van der Waals surface area contributed by atoms with Gasteiger partial charge in [0.25, 0.3) is 11.5 Å². The van der Waals surface area contributed by atoms with Gasteiger partial charge in [0, 0.05) is 56.1 Å². The summed E-state index contributed by atoms with van der Waals surface area (Å²) in [7, 11) is 0. The third kappa shape index (κ3) is 6.74. The number of aromatic nitrogens is 2. The molecule has 1 saturated heterocycles. The third-order valence-corrected chi connectivity index (χ3v) is 8.29. The van der Waals surface area contributed by atoms with Crippen LogP contribution in [0.5, 0.6) is 0 Å². The highest BCUT2D eigenvalue weighted by molar-refractivity contribution is 5.93. The van der Waals surface area contributed by atoms with Gasteiger partial charge in [0.2, 0.25) is 0 Å². The average Bonchev–Trinajstić information content (AvgIpc) is 3.01. The molecule has 1 aromatic heterocycles. The number of hydrogen-bond donors (Lipinski definition) is 1. The van der Waals surface area contributed by atoms with Gasteiger partial charge in [-0.25, -0.2) is 13.6 Å². The Hall–Kier alpha value is -4.78. The Morgan fingerprint density at radius 1 is 0.848 bits per heavy atom. The molecule has 2 N–H and O–H groups in total. The van der Waals surface area contributed by atoms with Crippen LogP contribution in [0.1, 0.15) is 38.3 Å². The number of halogens is 5. The number of amides is 1. The number of alkyl halides is 3. The maximum atomic E-state index is 14.9. The maximum Gasteiger partial charge on any atom is 0.416 e. The summed E-state index contributed by atoms with van der Waals surface area (Å²) in [6, 6.07) is 16.1. The van der Waals surface area contributed by atoms with E-state index in [0.29, 0.717) is 19.5 Å². The molecule has 3 aromatic carbocycles. The van der Waals surface area contributed by atoms with Gasteiger partial charge >= 0.3 is 11.9 Å². The third-order valence-electron chi connectivity index (χ3n) is 8.29. The van der Waals surface area contributed by atoms with Crippen LogP contribution in [0.4, 0.5) is 27.6 Å². The summed E-state index contributed by atoms with van der Waals surface area (Å²) in [6.45, 7) is 2.14. The van der Waals surface area contributed by atoms with Crippen molar-refractivity contribution < 1.29 is 26.7 Å². The molecule has 0 bridgehead atoms. The molecule has 0 saturated carbocycles. The van der Waals surface area contributed by atoms with E-state index >= 15 is 0 Å². The first-order valence-electron chi connectivity index (χ1n) is 14.6. The number of primary amides is 1. The lowest BCUT2D eigenvalue weighted by Gasteiger charge is -2.37. The van der Waals surface area contributed by atoms with E-state index in [9.17, 15) is 36.3 Å². The largest absolute Gasteiger partial charge is 0.416 e. The van der Waals surface area contributed by atoms with Crippen molar-refractivity contribution in [2.45, 2.75) is 39.2 Å². The minimum absolute atomic E-state index is 0.0478. The highest BCUT2D eigenvalue weighted by Gasteiger charge is 2.35. The summed E-state index contributed by atoms with van der Waals surface area (Å²) in [5, 5.41) is 0. The first-order valence-corrected chi connectivity index (χ1v) is 14.6. The van der Waals surface area contributed by atoms with Crippen molar-refractivity contribution in [3.8, 4) is 0 Å². The number of carbonyl (C=O) groups excluding carboxylic acids is 1. The zero-order valence-corrected chi connectivity index (χ0v) is 25.0. The van der Waals surface area contributed by atoms with Crippen molar-refractivity contribution in [1.29, 1.82) is 0 Å². The van der Waals surface area contributed by atoms with Crippen molar-refractivity contribution in [2.24, 2.45) is 5.73 Å². The Bertz CT molecular complexity index is 1860. The minimum Gasteiger partial charge on any atom is -0.366 e. The maximum absolute atomic E-state index is 14.9. The summed E-state index contributed by atoms with van der Waals surface area (Å²) in [4.78, 5) is 42.9. The van der Waals surface area contributed by atoms with Crippen molar-refractivity contribution in [3.05, 3.63) is 133 Å². The number of piperazine rings is 1. The predicted octanol–water partition coefficient (Wildman–Crippen LogP) is 4.33. The Morgan fingerprint density at radius 3 is 2.17 bits per heavy atom. The smallest absolute Gasteiger partial charge is 0.366 e. The van der Waals surface area contributed by atoms with Crippen LogP contribution in [0, 0.1) is 18.6 Å². The molecule has 1 aliphatic heterocycles. The van der Waals surface area contributed by atoms with Gasteiger partial charge < -0.3 is 10.6 Å². The van der Waals surface area contributed by atoms with Gasteiger partial charge in [0.05, 0.1) is 17.7 Å². The van der Waals surface area contributed by atoms with Crippen molar-refractivity contribution >= 4 is 11.6 Å². The summed E-state index contributed by atoms with van der Waals surface area (Å²) < 4.78 is 73.3. The van der Waals surface area contributed by atoms with E-state index in [0.717, 1.165) is 32.9 Å². The monoisotopic (exact) mass is 641 g/mol. The first kappa shape index (κ1) is 32.6. The lowest BCUT2D eigenvalue weighted by atomic mass is 10.1. The average molecular weight is 642 g/mol. The number of benzene rings is 3. The Morgan fingerprint density at radius 2 is 1.52 bits per heavy atom. The standard InChI is InChI=1S/C33H32F5N5O3/c1-21-29(41-17-15-40(16-18-41)19-23-9-5-10-24(28(23)35)30(39)44)31(45)42(14-13-22-7-3-2-4-8-22)32(46)43(21)20-25-26(33(36,37)38)11-6-12-27(25)34/h2-12H,13-20H2,1H3,(H2,39,44). The number of aryl methyl sites for hydroxylation is 1. The van der Waals surface area contributed by atoms with E-state index in [-0.39, 0.29) is 48.7 Å². The lowest BCUT2D eigenvalue weighted by molar-refractivity contribution is -0.138. The number of hydrogen-bond acceptors (Lipinski definition) is 5. The zero-order valence-electron chi connectivity index (χ0n) is 25.0. The second-order valence-corrected chi connectivity index (χ2v) is 11.2. The quantitative estimate of drug-likeness (QED) is 0.275. The zero-order chi connectivity index (χ0) is 33.2. The Kier molecular flexibility index (Phi) is 9.42. The predicted molar refractivity (Wildman–Crippen MR) is 163 cm³/mol. The molecule has 0 unspecified atom stereocenters. The Labute approximate surface area is 261 Å². The molecule has 4 aromatic rings. The van der Waals surface area contributed by atoms with Crippen molar-refractivity contribution in [2.75, 3.05) is 31.1 Å². The van der Waals surface area contributed by atoms with Gasteiger partial charge in [0.1, 0.15) is 17.3 Å². The van der Waals surface area contributed by atoms with Gasteiger partial charge in [-0.2, -0.15) is 13.2 Å². The molecule has 242 valence electrons. The fraction of sp³-hybridized carbons (Fsp3) is 0.303. The summed E-state index contributed by atoms with van der Waals surface area (Å²) in [6.07, 6.45) is -4.57. The molecule has 0 spiro atoms. The fourth-order valence-corrected chi connectivity index (χ4v) is 5.83. The first-order chi connectivity index (χ1) is 21.9. The van der Waals surface area contributed by atoms with Crippen LogP contribution in [0.3, 0.4) is 0 Å². The lowest BCUT2D eigenvalue weighted by Crippen LogP contribution is -2.51. The Balaban J connectivity index is 1.50.